The number of furan rings is 1. The minimum Gasteiger partial charge on any atom is -0.468 e. The minimum absolute atomic E-state index is 0.728. The van der Waals surface area contributed by atoms with Crippen molar-refractivity contribution >= 4 is 27.7 Å². The van der Waals surface area contributed by atoms with Crippen LogP contribution in [0.15, 0.2) is 50.4 Å². The fourth-order valence-corrected chi connectivity index (χ4v) is 3.26. The molecule has 0 aliphatic heterocycles. The number of thioether (sulfide) groups is 1. The van der Waals surface area contributed by atoms with Crippen molar-refractivity contribution in [2.45, 2.75) is 17.2 Å². The molecule has 1 aromatic heterocycles. The van der Waals surface area contributed by atoms with Gasteiger partial charge in [-0.05, 0) is 29.8 Å². The maximum Gasteiger partial charge on any atom is 0.113 e. The Labute approximate surface area is 132 Å². The van der Waals surface area contributed by atoms with E-state index in [2.05, 4.69) is 39.4 Å². The maximum absolute atomic E-state index is 5.37. The average Bonchev–Trinajstić information content (AvgIpc) is 2.96. The highest BCUT2D eigenvalue weighted by Crippen LogP contribution is 2.29. The third-order valence-electron chi connectivity index (χ3n) is 2.78. The second kappa shape index (κ2) is 8.52. The Kier molecular flexibility index (Phi) is 6.66. The molecule has 0 radical (unpaired) electrons. The van der Waals surface area contributed by atoms with Crippen LogP contribution in [0.5, 0.6) is 0 Å². The van der Waals surface area contributed by atoms with E-state index in [4.69, 9.17) is 9.15 Å². The first-order valence-corrected chi connectivity index (χ1v) is 8.20. The van der Waals surface area contributed by atoms with Gasteiger partial charge < -0.3 is 14.5 Å². The van der Waals surface area contributed by atoms with E-state index in [0.717, 1.165) is 35.7 Å². The van der Waals surface area contributed by atoms with Gasteiger partial charge in [-0.2, -0.15) is 0 Å². The molecule has 0 bridgehead atoms. The van der Waals surface area contributed by atoms with Gasteiger partial charge in [-0.25, -0.2) is 0 Å². The van der Waals surface area contributed by atoms with Gasteiger partial charge in [-0.3, -0.25) is 0 Å². The maximum atomic E-state index is 5.37. The monoisotopic (exact) mass is 355 g/mol. The molecule has 0 aliphatic rings. The van der Waals surface area contributed by atoms with Crippen molar-refractivity contribution in [1.82, 2.24) is 5.32 Å². The van der Waals surface area contributed by atoms with Gasteiger partial charge in [0.1, 0.15) is 5.76 Å². The lowest BCUT2D eigenvalue weighted by Gasteiger charge is -2.10. The topological polar surface area (TPSA) is 34.4 Å². The van der Waals surface area contributed by atoms with Crippen LogP contribution in [0.25, 0.3) is 0 Å². The zero-order chi connectivity index (χ0) is 14.2. The Hall–Kier alpha value is -0.750. The van der Waals surface area contributed by atoms with Gasteiger partial charge >= 0.3 is 0 Å². The zero-order valence-electron chi connectivity index (χ0n) is 11.4. The number of halogens is 1. The molecular weight excluding hydrogens is 338 g/mol. The molecule has 0 amide bonds. The van der Waals surface area contributed by atoms with E-state index in [0.29, 0.717) is 0 Å². The normalized spacial score (nSPS) is 10.9. The van der Waals surface area contributed by atoms with Crippen molar-refractivity contribution in [1.29, 1.82) is 0 Å². The first-order chi connectivity index (χ1) is 9.79. The van der Waals surface area contributed by atoms with Gasteiger partial charge in [0.05, 0.1) is 18.6 Å². The summed E-state index contributed by atoms with van der Waals surface area (Å²) in [7, 11) is 1.71. The summed E-state index contributed by atoms with van der Waals surface area (Å²) in [6, 6.07) is 10.3. The van der Waals surface area contributed by atoms with Crippen molar-refractivity contribution in [2.75, 3.05) is 20.3 Å². The summed E-state index contributed by atoms with van der Waals surface area (Å²) >= 11 is 5.32. The molecule has 0 fully saturated rings. The molecule has 0 saturated heterocycles. The predicted molar refractivity (Wildman–Crippen MR) is 86.0 cm³/mol. The van der Waals surface area contributed by atoms with Crippen LogP contribution in [0.4, 0.5) is 0 Å². The number of hydrogen-bond acceptors (Lipinski definition) is 4. The Morgan fingerprint density at radius 2 is 2.25 bits per heavy atom. The molecule has 0 saturated carbocycles. The molecule has 1 aromatic carbocycles. The number of benzene rings is 1. The van der Waals surface area contributed by atoms with Crippen LogP contribution in [-0.4, -0.2) is 20.3 Å². The standard InChI is InChI=1S/C15H18BrNO2S/c1-18-8-6-17-10-12-4-5-13(16)9-15(12)20-11-14-3-2-7-19-14/h2-5,7,9,17H,6,8,10-11H2,1H3. The van der Waals surface area contributed by atoms with Gasteiger partial charge in [0, 0.05) is 29.6 Å². The summed E-state index contributed by atoms with van der Waals surface area (Å²) in [4.78, 5) is 1.26. The summed E-state index contributed by atoms with van der Waals surface area (Å²) in [5, 5.41) is 3.38. The smallest absolute Gasteiger partial charge is 0.113 e. The third kappa shape index (κ3) is 4.98. The van der Waals surface area contributed by atoms with E-state index >= 15 is 0 Å². The minimum atomic E-state index is 0.728. The molecule has 1 N–H and O–H groups in total. The molecule has 108 valence electrons. The molecule has 0 aliphatic carbocycles. The van der Waals surface area contributed by atoms with Crippen LogP contribution in [0.1, 0.15) is 11.3 Å². The highest BCUT2D eigenvalue weighted by atomic mass is 79.9. The van der Waals surface area contributed by atoms with Crippen molar-refractivity contribution in [3.63, 3.8) is 0 Å². The number of nitrogens with one attached hydrogen (secondary N) is 1. The zero-order valence-corrected chi connectivity index (χ0v) is 13.8. The van der Waals surface area contributed by atoms with E-state index in [9.17, 15) is 0 Å². The third-order valence-corrected chi connectivity index (χ3v) is 4.39. The summed E-state index contributed by atoms with van der Waals surface area (Å²) in [5.41, 5.74) is 1.29. The highest BCUT2D eigenvalue weighted by molar-refractivity contribution is 9.10. The molecular formula is C15H18BrNO2S. The number of ether oxygens (including phenoxy) is 1. The fraction of sp³-hybridized carbons (Fsp3) is 0.333. The van der Waals surface area contributed by atoms with E-state index in [1.165, 1.54) is 10.5 Å². The lowest BCUT2D eigenvalue weighted by atomic mass is 10.2. The molecule has 2 aromatic rings. The van der Waals surface area contributed by atoms with Crippen LogP contribution in [-0.2, 0) is 17.0 Å². The second-order valence-electron chi connectivity index (χ2n) is 4.29. The molecule has 0 spiro atoms. The van der Waals surface area contributed by atoms with Crippen LogP contribution in [0.2, 0.25) is 0 Å². The van der Waals surface area contributed by atoms with Gasteiger partial charge in [0.15, 0.2) is 0 Å². The van der Waals surface area contributed by atoms with E-state index in [1.807, 2.05) is 12.1 Å². The summed E-state index contributed by atoms with van der Waals surface area (Å²) in [5.74, 6) is 1.84. The van der Waals surface area contributed by atoms with E-state index < -0.39 is 0 Å². The number of rotatable bonds is 8. The van der Waals surface area contributed by atoms with E-state index in [1.54, 1.807) is 25.1 Å². The Morgan fingerprint density at radius 1 is 1.35 bits per heavy atom. The molecule has 3 nitrogen and oxygen atoms in total. The van der Waals surface area contributed by atoms with Crippen LogP contribution < -0.4 is 5.32 Å². The van der Waals surface area contributed by atoms with Crippen molar-refractivity contribution in [3.05, 3.63) is 52.4 Å². The van der Waals surface area contributed by atoms with Gasteiger partial charge in [0.2, 0.25) is 0 Å². The van der Waals surface area contributed by atoms with Gasteiger partial charge in [-0.15, -0.1) is 11.8 Å². The number of hydrogen-bond donors (Lipinski definition) is 1. The summed E-state index contributed by atoms with van der Waals surface area (Å²) < 4.78 is 11.5. The van der Waals surface area contributed by atoms with Crippen molar-refractivity contribution in [3.8, 4) is 0 Å². The lowest BCUT2D eigenvalue weighted by molar-refractivity contribution is 0.199. The average molecular weight is 356 g/mol. The quantitative estimate of drug-likeness (QED) is 0.571. The first-order valence-electron chi connectivity index (χ1n) is 6.43. The molecule has 0 unspecified atom stereocenters. The van der Waals surface area contributed by atoms with Crippen molar-refractivity contribution in [2.24, 2.45) is 0 Å². The second-order valence-corrected chi connectivity index (χ2v) is 6.22. The van der Waals surface area contributed by atoms with Crippen LogP contribution in [0.3, 0.4) is 0 Å². The molecule has 20 heavy (non-hydrogen) atoms. The van der Waals surface area contributed by atoms with Crippen molar-refractivity contribution < 1.29 is 9.15 Å². The van der Waals surface area contributed by atoms with Gasteiger partial charge in [-0.1, -0.05) is 22.0 Å². The van der Waals surface area contributed by atoms with Gasteiger partial charge in [0.25, 0.3) is 0 Å². The Morgan fingerprint density at radius 3 is 3.00 bits per heavy atom. The predicted octanol–water partition coefficient (Wildman–Crippen LogP) is 4.07. The summed E-state index contributed by atoms with van der Waals surface area (Å²) in [6.45, 7) is 2.43. The highest BCUT2D eigenvalue weighted by Gasteiger charge is 2.06. The van der Waals surface area contributed by atoms with Crippen LogP contribution in [0, 0.1) is 0 Å². The lowest BCUT2D eigenvalue weighted by Crippen LogP contribution is -2.18. The molecule has 0 atom stereocenters. The number of methoxy groups -OCH3 is 1. The largest absolute Gasteiger partial charge is 0.468 e. The molecule has 1 heterocycles. The Balaban J connectivity index is 1.96. The van der Waals surface area contributed by atoms with E-state index in [-0.39, 0.29) is 0 Å². The first kappa shape index (κ1) is 15.6. The Bertz CT molecular complexity index is 517. The fourth-order valence-electron chi connectivity index (χ4n) is 1.75. The SMILES string of the molecule is COCCNCc1ccc(Br)cc1SCc1ccco1. The van der Waals surface area contributed by atoms with Crippen LogP contribution >= 0.6 is 27.7 Å². The molecule has 2 rings (SSSR count). The molecule has 5 heteroatoms. The summed E-state index contributed by atoms with van der Waals surface area (Å²) in [6.07, 6.45) is 1.71.